The summed E-state index contributed by atoms with van der Waals surface area (Å²) in [5.74, 6) is 0.655. The molecule has 10 heteroatoms. The monoisotopic (exact) mass is 396 g/mol. The first-order chi connectivity index (χ1) is 12.6. The topological polar surface area (TPSA) is 102 Å². The number of rotatable bonds is 9. The molecule has 2 aromatic rings. The Hall–Kier alpha value is -2.33. The Labute approximate surface area is 159 Å². The SMILES string of the molecule is CCOC(=O)CSc1nnc(NC(=O)NCCc2ccc(OC)cc2)s1. The number of hydrogen-bond donors (Lipinski definition) is 2. The van der Waals surface area contributed by atoms with Crippen LogP contribution in [0.15, 0.2) is 28.6 Å². The maximum Gasteiger partial charge on any atom is 0.321 e. The van der Waals surface area contributed by atoms with Gasteiger partial charge in [-0.1, -0.05) is 35.2 Å². The number of carbonyl (C=O) groups excluding carboxylic acids is 2. The fourth-order valence-electron chi connectivity index (χ4n) is 1.90. The predicted molar refractivity (Wildman–Crippen MR) is 101 cm³/mol. The lowest BCUT2D eigenvalue weighted by molar-refractivity contribution is -0.139. The molecule has 1 heterocycles. The highest BCUT2D eigenvalue weighted by molar-refractivity contribution is 8.01. The molecule has 0 aliphatic heterocycles. The molecule has 0 atom stereocenters. The zero-order valence-corrected chi connectivity index (χ0v) is 16.1. The number of hydrogen-bond acceptors (Lipinski definition) is 8. The first kappa shape index (κ1) is 20.0. The van der Waals surface area contributed by atoms with E-state index in [0.717, 1.165) is 11.3 Å². The lowest BCUT2D eigenvalue weighted by atomic mass is 10.1. The van der Waals surface area contributed by atoms with Gasteiger partial charge in [0.2, 0.25) is 5.13 Å². The lowest BCUT2D eigenvalue weighted by Crippen LogP contribution is -2.30. The van der Waals surface area contributed by atoms with Crippen LogP contribution in [-0.2, 0) is 16.0 Å². The molecular weight excluding hydrogens is 376 g/mol. The third-order valence-electron chi connectivity index (χ3n) is 3.10. The first-order valence-electron chi connectivity index (χ1n) is 7.90. The van der Waals surface area contributed by atoms with E-state index in [4.69, 9.17) is 9.47 Å². The van der Waals surface area contributed by atoms with Gasteiger partial charge in [0.15, 0.2) is 4.34 Å². The quantitative estimate of drug-likeness (QED) is 0.381. The van der Waals surface area contributed by atoms with Gasteiger partial charge in [0.1, 0.15) is 5.75 Å². The molecule has 0 bridgehead atoms. The van der Waals surface area contributed by atoms with E-state index in [1.54, 1.807) is 14.0 Å². The number of ether oxygens (including phenoxy) is 2. The second-order valence-corrected chi connectivity index (χ2v) is 7.15. The van der Waals surface area contributed by atoms with E-state index in [2.05, 4.69) is 20.8 Å². The molecule has 0 unspecified atom stereocenters. The Bertz CT molecular complexity index is 721. The molecule has 2 amide bonds. The van der Waals surface area contributed by atoms with Crippen LogP contribution < -0.4 is 15.4 Å². The highest BCUT2D eigenvalue weighted by Crippen LogP contribution is 2.25. The van der Waals surface area contributed by atoms with E-state index in [9.17, 15) is 9.59 Å². The van der Waals surface area contributed by atoms with Gasteiger partial charge >= 0.3 is 12.0 Å². The minimum Gasteiger partial charge on any atom is -0.497 e. The van der Waals surface area contributed by atoms with E-state index in [-0.39, 0.29) is 17.8 Å². The minimum absolute atomic E-state index is 0.163. The van der Waals surface area contributed by atoms with Gasteiger partial charge in [-0.2, -0.15) is 0 Å². The normalized spacial score (nSPS) is 10.2. The summed E-state index contributed by atoms with van der Waals surface area (Å²) in [5.41, 5.74) is 1.10. The number of nitrogens with zero attached hydrogens (tertiary/aromatic N) is 2. The number of carbonyl (C=O) groups is 2. The Morgan fingerprint density at radius 2 is 2.00 bits per heavy atom. The number of benzene rings is 1. The van der Waals surface area contributed by atoms with Crippen molar-refractivity contribution in [2.24, 2.45) is 0 Å². The lowest BCUT2D eigenvalue weighted by Gasteiger charge is -2.06. The molecule has 0 aliphatic carbocycles. The van der Waals surface area contributed by atoms with E-state index in [0.29, 0.717) is 29.0 Å². The molecule has 8 nitrogen and oxygen atoms in total. The Kier molecular flexibility index (Phi) is 8.16. The largest absolute Gasteiger partial charge is 0.497 e. The molecule has 0 saturated carbocycles. The minimum atomic E-state index is -0.350. The average molecular weight is 396 g/mol. The Balaban J connectivity index is 1.69. The van der Waals surface area contributed by atoms with Gasteiger partial charge in [-0.3, -0.25) is 10.1 Å². The van der Waals surface area contributed by atoms with E-state index < -0.39 is 0 Å². The number of thioether (sulfide) groups is 1. The van der Waals surface area contributed by atoms with Gasteiger partial charge in [-0.05, 0) is 31.0 Å². The van der Waals surface area contributed by atoms with Gasteiger partial charge < -0.3 is 14.8 Å². The van der Waals surface area contributed by atoms with Crippen molar-refractivity contribution in [1.82, 2.24) is 15.5 Å². The number of urea groups is 1. The van der Waals surface area contributed by atoms with Crippen molar-refractivity contribution in [2.75, 3.05) is 31.3 Å². The van der Waals surface area contributed by atoms with Crippen LogP contribution in [0.25, 0.3) is 0 Å². The summed E-state index contributed by atoms with van der Waals surface area (Å²) in [6, 6.07) is 7.32. The summed E-state index contributed by atoms with van der Waals surface area (Å²) in [5, 5.41) is 13.5. The third kappa shape index (κ3) is 6.89. The summed E-state index contributed by atoms with van der Waals surface area (Å²) in [4.78, 5) is 23.2. The van der Waals surface area contributed by atoms with E-state index in [1.165, 1.54) is 23.1 Å². The molecule has 0 aliphatic rings. The molecule has 26 heavy (non-hydrogen) atoms. The van der Waals surface area contributed by atoms with Crippen molar-refractivity contribution >= 4 is 40.2 Å². The fraction of sp³-hybridized carbons (Fsp3) is 0.375. The van der Waals surface area contributed by atoms with E-state index >= 15 is 0 Å². The van der Waals surface area contributed by atoms with Crippen molar-refractivity contribution in [3.05, 3.63) is 29.8 Å². The Morgan fingerprint density at radius 3 is 2.69 bits per heavy atom. The van der Waals surface area contributed by atoms with Crippen LogP contribution in [-0.4, -0.2) is 48.2 Å². The van der Waals surface area contributed by atoms with E-state index in [1.807, 2.05) is 24.3 Å². The number of anilines is 1. The summed E-state index contributed by atoms with van der Waals surface area (Å²) in [6.45, 7) is 2.59. The second-order valence-electron chi connectivity index (χ2n) is 4.95. The zero-order chi connectivity index (χ0) is 18.8. The third-order valence-corrected chi connectivity index (χ3v) is 5.05. The molecule has 0 spiro atoms. The molecule has 2 N–H and O–H groups in total. The van der Waals surface area contributed by atoms with Gasteiger partial charge in [0.05, 0.1) is 19.5 Å². The molecule has 2 rings (SSSR count). The number of esters is 1. The van der Waals surface area contributed by atoms with Crippen molar-refractivity contribution < 1.29 is 19.1 Å². The maximum absolute atomic E-state index is 11.9. The number of aromatic nitrogens is 2. The second kappa shape index (κ2) is 10.6. The molecule has 0 saturated heterocycles. The number of methoxy groups -OCH3 is 1. The van der Waals surface area contributed by atoms with Crippen LogP contribution in [0.3, 0.4) is 0 Å². The Morgan fingerprint density at radius 1 is 1.23 bits per heavy atom. The molecular formula is C16H20N4O4S2. The van der Waals surface area contributed by atoms with Crippen LogP contribution in [0.4, 0.5) is 9.93 Å². The number of nitrogens with one attached hydrogen (secondary N) is 2. The maximum atomic E-state index is 11.9. The average Bonchev–Trinajstić information content (AvgIpc) is 3.08. The van der Waals surface area contributed by atoms with Crippen LogP contribution in [0, 0.1) is 0 Å². The standard InChI is InChI=1S/C16H20N4O4S2/c1-3-24-13(21)10-25-16-20-19-15(26-16)18-14(22)17-9-8-11-4-6-12(23-2)7-5-11/h4-7H,3,8-10H2,1-2H3,(H2,17,18,19,22). The summed E-state index contributed by atoms with van der Waals surface area (Å²) < 4.78 is 10.5. The molecule has 0 radical (unpaired) electrons. The first-order valence-corrected chi connectivity index (χ1v) is 9.70. The highest BCUT2D eigenvalue weighted by atomic mass is 32.2. The van der Waals surface area contributed by atoms with Gasteiger partial charge in [0.25, 0.3) is 0 Å². The van der Waals surface area contributed by atoms with Gasteiger partial charge in [0, 0.05) is 6.54 Å². The summed E-state index contributed by atoms with van der Waals surface area (Å²) in [7, 11) is 1.62. The van der Waals surface area contributed by atoms with Crippen LogP contribution >= 0.6 is 23.1 Å². The fourth-order valence-corrected chi connectivity index (χ4v) is 3.44. The predicted octanol–water partition coefficient (Wildman–Crippen LogP) is 2.57. The molecule has 1 aromatic carbocycles. The van der Waals surface area contributed by atoms with Crippen molar-refractivity contribution in [1.29, 1.82) is 0 Å². The van der Waals surface area contributed by atoms with Gasteiger partial charge in [-0.15, -0.1) is 10.2 Å². The van der Waals surface area contributed by atoms with Crippen molar-refractivity contribution in [2.45, 2.75) is 17.7 Å². The van der Waals surface area contributed by atoms with Gasteiger partial charge in [-0.25, -0.2) is 4.79 Å². The summed E-state index contributed by atoms with van der Waals surface area (Å²) >= 11 is 2.43. The highest BCUT2D eigenvalue weighted by Gasteiger charge is 2.10. The van der Waals surface area contributed by atoms with Crippen LogP contribution in [0.1, 0.15) is 12.5 Å². The molecule has 0 fully saturated rings. The van der Waals surface area contributed by atoms with Crippen LogP contribution in [0.5, 0.6) is 5.75 Å². The van der Waals surface area contributed by atoms with Crippen molar-refractivity contribution in [3.63, 3.8) is 0 Å². The molecule has 1 aromatic heterocycles. The molecule has 140 valence electrons. The zero-order valence-electron chi connectivity index (χ0n) is 14.5. The smallest absolute Gasteiger partial charge is 0.321 e. The van der Waals surface area contributed by atoms with Crippen LogP contribution in [0.2, 0.25) is 0 Å². The summed E-state index contributed by atoms with van der Waals surface area (Å²) in [6.07, 6.45) is 0.703. The number of amides is 2. The van der Waals surface area contributed by atoms with Crippen molar-refractivity contribution in [3.8, 4) is 5.75 Å².